The van der Waals surface area contributed by atoms with Gasteiger partial charge in [-0.3, -0.25) is 0 Å². The first-order valence-corrected chi connectivity index (χ1v) is 10.1. The van der Waals surface area contributed by atoms with Crippen molar-refractivity contribution in [1.29, 1.82) is 0 Å². The minimum Gasteiger partial charge on any atom is -0.354 e. The molecule has 2 aromatic rings. The molecule has 2 aromatic carbocycles. The fourth-order valence-electron chi connectivity index (χ4n) is 2.93. The van der Waals surface area contributed by atoms with E-state index in [2.05, 4.69) is 11.3 Å². The summed E-state index contributed by atoms with van der Waals surface area (Å²) in [6.07, 6.45) is 2.16. The highest BCUT2D eigenvalue weighted by atomic mass is 32.2. The van der Waals surface area contributed by atoms with Crippen LogP contribution in [0.1, 0.15) is 24.0 Å². The fraction of sp³-hybridized carbons (Fsp3) is 0.300. The third-order valence-electron chi connectivity index (χ3n) is 4.37. The molecule has 0 aromatic heterocycles. The molecule has 0 heterocycles. The Morgan fingerprint density at radius 1 is 1.22 bits per heavy atom. The standard InChI is InChI=1S/C20H25FN2O3S/c1-3-4-14-20(22,17-12-8-9-13-18(17)21)19(27(24,25)23-2)26-15-16-10-6-5-7-11-16/h3,5-13,19,23H,1,4,14-15,22H2,2H3. The molecule has 0 amide bonds. The molecule has 0 aliphatic rings. The SMILES string of the molecule is C=CCCC(N)(c1ccccc1F)C(OCc1ccccc1)S(=O)(=O)NC. The van der Waals surface area contributed by atoms with Crippen LogP contribution in [-0.4, -0.2) is 20.9 Å². The molecule has 0 aliphatic heterocycles. The largest absolute Gasteiger partial charge is 0.354 e. The maximum Gasteiger partial charge on any atom is 0.240 e. The summed E-state index contributed by atoms with van der Waals surface area (Å²) in [6, 6.07) is 15.0. The molecule has 0 fully saturated rings. The van der Waals surface area contributed by atoms with Crippen molar-refractivity contribution in [2.75, 3.05) is 7.05 Å². The lowest BCUT2D eigenvalue weighted by Crippen LogP contribution is -2.55. The van der Waals surface area contributed by atoms with Crippen molar-refractivity contribution in [2.24, 2.45) is 5.73 Å². The highest BCUT2D eigenvalue weighted by molar-refractivity contribution is 7.90. The van der Waals surface area contributed by atoms with Crippen LogP contribution in [0.3, 0.4) is 0 Å². The molecule has 0 saturated heterocycles. The van der Waals surface area contributed by atoms with Gasteiger partial charge >= 0.3 is 0 Å². The zero-order valence-electron chi connectivity index (χ0n) is 15.3. The quantitative estimate of drug-likeness (QED) is 0.609. The molecule has 7 heteroatoms. The summed E-state index contributed by atoms with van der Waals surface area (Å²) >= 11 is 0. The third-order valence-corrected chi connectivity index (χ3v) is 6.06. The first kappa shape index (κ1) is 21.2. The van der Waals surface area contributed by atoms with Crippen molar-refractivity contribution in [3.63, 3.8) is 0 Å². The number of allylic oxidation sites excluding steroid dienone is 1. The molecule has 27 heavy (non-hydrogen) atoms. The van der Waals surface area contributed by atoms with Gasteiger partial charge in [-0.15, -0.1) is 6.58 Å². The van der Waals surface area contributed by atoms with Gasteiger partial charge < -0.3 is 10.5 Å². The number of benzene rings is 2. The molecule has 0 aliphatic carbocycles. The molecule has 0 radical (unpaired) electrons. The van der Waals surface area contributed by atoms with Crippen LogP contribution < -0.4 is 10.5 Å². The molecule has 0 spiro atoms. The average molecular weight is 392 g/mol. The Kier molecular flexibility index (Phi) is 7.26. The van der Waals surface area contributed by atoms with Gasteiger partial charge in [-0.05, 0) is 31.5 Å². The van der Waals surface area contributed by atoms with Gasteiger partial charge in [-0.25, -0.2) is 17.5 Å². The van der Waals surface area contributed by atoms with E-state index in [0.29, 0.717) is 6.42 Å². The van der Waals surface area contributed by atoms with Crippen LogP contribution in [0.15, 0.2) is 67.3 Å². The summed E-state index contributed by atoms with van der Waals surface area (Å²) in [4.78, 5) is 0. The van der Waals surface area contributed by atoms with E-state index in [-0.39, 0.29) is 18.6 Å². The first-order chi connectivity index (χ1) is 12.8. The molecule has 146 valence electrons. The van der Waals surface area contributed by atoms with Gasteiger partial charge in [0, 0.05) is 5.56 Å². The van der Waals surface area contributed by atoms with Gasteiger partial charge in [0.05, 0.1) is 12.1 Å². The van der Waals surface area contributed by atoms with E-state index in [1.54, 1.807) is 12.1 Å². The highest BCUT2D eigenvalue weighted by Gasteiger charge is 2.46. The van der Waals surface area contributed by atoms with Gasteiger partial charge in [0.25, 0.3) is 0 Å². The van der Waals surface area contributed by atoms with Crippen LogP contribution >= 0.6 is 0 Å². The maximum atomic E-state index is 14.6. The zero-order valence-corrected chi connectivity index (χ0v) is 16.1. The van der Waals surface area contributed by atoms with Crippen molar-refractivity contribution in [2.45, 2.75) is 30.4 Å². The van der Waals surface area contributed by atoms with Crippen LogP contribution in [0.25, 0.3) is 0 Å². The van der Waals surface area contributed by atoms with E-state index >= 15 is 0 Å². The summed E-state index contributed by atoms with van der Waals surface area (Å²) in [6.45, 7) is 3.68. The van der Waals surface area contributed by atoms with Crippen LogP contribution in [-0.2, 0) is 26.9 Å². The number of halogens is 1. The van der Waals surface area contributed by atoms with E-state index in [0.717, 1.165) is 5.56 Å². The molecule has 0 bridgehead atoms. The van der Waals surface area contributed by atoms with E-state index in [1.807, 2.05) is 30.3 Å². The maximum absolute atomic E-state index is 14.6. The Bertz CT molecular complexity index is 859. The van der Waals surface area contributed by atoms with Crippen LogP contribution in [0.4, 0.5) is 4.39 Å². The Balaban J connectivity index is 2.49. The average Bonchev–Trinajstić information content (AvgIpc) is 2.67. The molecule has 0 saturated carbocycles. The van der Waals surface area contributed by atoms with E-state index in [1.165, 1.54) is 25.2 Å². The van der Waals surface area contributed by atoms with Crippen molar-refractivity contribution < 1.29 is 17.5 Å². The van der Waals surface area contributed by atoms with Crippen LogP contribution in [0.5, 0.6) is 0 Å². The zero-order chi connectivity index (χ0) is 19.9. The first-order valence-electron chi connectivity index (χ1n) is 8.58. The van der Waals surface area contributed by atoms with Crippen LogP contribution in [0.2, 0.25) is 0 Å². The Morgan fingerprint density at radius 3 is 2.44 bits per heavy atom. The van der Waals surface area contributed by atoms with E-state index in [4.69, 9.17) is 10.5 Å². The van der Waals surface area contributed by atoms with Gasteiger partial charge in [0.2, 0.25) is 10.0 Å². The third kappa shape index (κ3) is 5.01. The molecule has 2 unspecified atom stereocenters. The van der Waals surface area contributed by atoms with Gasteiger partial charge in [-0.1, -0.05) is 54.6 Å². The molecule has 5 nitrogen and oxygen atoms in total. The number of nitrogens with two attached hydrogens (primary N) is 1. The molecule has 2 rings (SSSR count). The fourth-order valence-corrected chi connectivity index (χ4v) is 4.19. The predicted octanol–water partition coefficient (Wildman–Crippen LogP) is 3.04. The van der Waals surface area contributed by atoms with Gasteiger partial charge in [-0.2, -0.15) is 0 Å². The monoisotopic (exact) mass is 392 g/mol. The Morgan fingerprint density at radius 2 is 1.85 bits per heavy atom. The van der Waals surface area contributed by atoms with Crippen molar-refractivity contribution in [3.8, 4) is 0 Å². The topological polar surface area (TPSA) is 81.4 Å². The number of ether oxygens (including phenoxy) is 1. The summed E-state index contributed by atoms with van der Waals surface area (Å²) in [5.74, 6) is -0.580. The lowest BCUT2D eigenvalue weighted by Gasteiger charge is -2.37. The lowest BCUT2D eigenvalue weighted by molar-refractivity contribution is 0.0336. The van der Waals surface area contributed by atoms with E-state index in [9.17, 15) is 12.8 Å². The van der Waals surface area contributed by atoms with Crippen molar-refractivity contribution in [1.82, 2.24) is 4.72 Å². The van der Waals surface area contributed by atoms with E-state index < -0.39 is 26.8 Å². The lowest BCUT2D eigenvalue weighted by atomic mass is 9.86. The number of hydrogen-bond acceptors (Lipinski definition) is 4. The normalized spacial score (nSPS) is 15.1. The van der Waals surface area contributed by atoms with Crippen molar-refractivity contribution in [3.05, 3.63) is 84.2 Å². The summed E-state index contributed by atoms with van der Waals surface area (Å²) < 4.78 is 48.1. The predicted molar refractivity (Wildman–Crippen MR) is 105 cm³/mol. The second-order valence-electron chi connectivity index (χ2n) is 6.23. The number of nitrogens with one attached hydrogen (secondary N) is 1. The molecule has 2 atom stereocenters. The second kappa shape index (κ2) is 9.23. The number of sulfonamides is 1. The number of rotatable bonds is 10. The molecular formula is C20H25FN2O3S. The van der Waals surface area contributed by atoms with Gasteiger partial charge in [0.1, 0.15) is 5.82 Å². The van der Waals surface area contributed by atoms with Gasteiger partial charge in [0.15, 0.2) is 5.44 Å². The van der Waals surface area contributed by atoms with Crippen molar-refractivity contribution >= 4 is 10.0 Å². The van der Waals surface area contributed by atoms with Crippen LogP contribution in [0, 0.1) is 5.82 Å². The molecule has 3 N–H and O–H groups in total. The second-order valence-corrected chi connectivity index (χ2v) is 8.15. The summed E-state index contributed by atoms with van der Waals surface area (Å²) in [5, 5.41) is 0. The highest BCUT2D eigenvalue weighted by Crippen LogP contribution is 2.34. The minimum atomic E-state index is -3.98. The Hall–Kier alpha value is -2.06. The minimum absolute atomic E-state index is 0.0217. The summed E-state index contributed by atoms with van der Waals surface area (Å²) in [7, 11) is -2.70. The Labute approximate surface area is 160 Å². The molecular weight excluding hydrogens is 367 g/mol. The summed E-state index contributed by atoms with van der Waals surface area (Å²) in [5.41, 5.74) is 4.32. The smallest absolute Gasteiger partial charge is 0.240 e. The number of hydrogen-bond donors (Lipinski definition) is 2.